The van der Waals surface area contributed by atoms with Gasteiger partial charge < -0.3 is 4.74 Å². The highest BCUT2D eigenvalue weighted by Gasteiger charge is 2.27. The molecule has 3 rings (SSSR count). The van der Waals surface area contributed by atoms with E-state index in [9.17, 15) is 5.26 Å². The van der Waals surface area contributed by atoms with Gasteiger partial charge in [0.05, 0.1) is 19.3 Å². The molecule has 1 saturated carbocycles. The van der Waals surface area contributed by atoms with Gasteiger partial charge in [-0.2, -0.15) is 5.26 Å². The molecule has 0 bridgehead atoms. The number of rotatable bonds is 3. The Morgan fingerprint density at radius 1 is 1.28 bits per heavy atom. The molecular formula is C13H16N4O. The highest BCUT2D eigenvalue weighted by Crippen LogP contribution is 2.37. The second-order valence-corrected chi connectivity index (χ2v) is 4.83. The van der Waals surface area contributed by atoms with E-state index in [-0.39, 0.29) is 6.04 Å². The molecule has 1 unspecified atom stereocenters. The lowest BCUT2D eigenvalue weighted by atomic mass is 10.1. The molecule has 2 fully saturated rings. The van der Waals surface area contributed by atoms with Gasteiger partial charge >= 0.3 is 0 Å². The van der Waals surface area contributed by atoms with Crippen LogP contribution >= 0.6 is 0 Å². The van der Waals surface area contributed by atoms with Crippen molar-refractivity contribution in [3.8, 4) is 6.07 Å². The van der Waals surface area contributed by atoms with Gasteiger partial charge in [-0.3, -0.25) is 4.90 Å². The molecule has 5 nitrogen and oxygen atoms in total. The molecule has 1 atom stereocenters. The summed E-state index contributed by atoms with van der Waals surface area (Å²) in [5, 5.41) is 9.33. The zero-order valence-electron chi connectivity index (χ0n) is 10.2. The van der Waals surface area contributed by atoms with Crippen LogP contribution in [0.4, 0.5) is 0 Å². The fourth-order valence-electron chi connectivity index (χ4n) is 2.24. The third-order valence-electron chi connectivity index (χ3n) is 3.48. The van der Waals surface area contributed by atoms with E-state index in [4.69, 9.17) is 4.74 Å². The first kappa shape index (κ1) is 11.6. The lowest BCUT2D eigenvalue weighted by molar-refractivity contribution is 0.0265. The molecule has 0 radical (unpaired) electrons. The van der Waals surface area contributed by atoms with Crippen molar-refractivity contribution in [3.63, 3.8) is 0 Å². The van der Waals surface area contributed by atoms with Gasteiger partial charge in [0.25, 0.3) is 0 Å². The largest absolute Gasteiger partial charge is 0.379 e. The minimum atomic E-state index is -0.248. The van der Waals surface area contributed by atoms with E-state index in [0.717, 1.165) is 24.5 Å². The third-order valence-corrected chi connectivity index (χ3v) is 3.48. The zero-order valence-corrected chi connectivity index (χ0v) is 10.2. The highest BCUT2D eigenvalue weighted by atomic mass is 16.5. The Kier molecular flexibility index (Phi) is 3.22. The van der Waals surface area contributed by atoms with E-state index >= 15 is 0 Å². The zero-order chi connectivity index (χ0) is 12.4. The first-order valence-corrected chi connectivity index (χ1v) is 6.42. The Balaban J connectivity index is 1.75. The van der Waals surface area contributed by atoms with Crippen molar-refractivity contribution in [3.05, 3.63) is 23.8 Å². The summed E-state index contributed by atoms with van der Waals surface area (Å²) in [6.45, 7) is 2.98. The maximum atomic E-state index is 9.33. The van der Waals surface area contributed by atoms with E-state index < -0.39 is 0 Å². The molecule has 94 valence electrons. The Morgan fingerprint density at radius 2 is 1.94 bits per heavy atom. The Morgan fingerprint density at radius 3 is 2.50 bits per heavy atom. The van der Waals surface area contributed by atoms with Gasteiger partial charge in [0.1, 0.15) is 11.9 Å². The molecule has 0 spiro atoms. The van der Waals surface area contributed by atoms with Crippen molar-refractivity contribution >= 4 is 0 Å². The third kappa shape index (κ3) is 2.35. The fourth-order valence-corrected chi connectivity index (χ4v) is 2.24. The Labute approximate surface area is 106 Å². The predicted octanol–water partition coefficient (Wildman–Crippen LogP) is 1.25. The average molecular weight is 244 g/mol. The van der Waals surface area contributed by atoms with E-state index in [1.54, 1.807) is 0 Å². The second kappa shape index (κ2) is 5.01. The van der Waals surface area contributed by atoms with Gasteiger partial charge in [-0.05, 0) is 12.8 Å². The summed E-state index contributed by atoms with van der Waals surface area (Å²) in [6, 6.07) is 2.09. The molecule has 0 N–H and O–H groups in total. The molecular weight excluding hydrogens is 228 g/mol. The van der Waals surface area contributed by atoms with Crippen molar-refractivity contribution in [2.75, 3.05) is 26.3 Å². The maximum absolute atomic E-state index is 9.33. The summed E-state index contributed by atoms with van der Waals surface area (Å²) in [4.78, 5) is 10.9. The van der Waals surface area contributed by atoms with Gasteiger partial charge in [-0.1, -0.05) is 0 Å². The number of nitrogens with zero attached hydrogens (tertiary/aromatic N) is 4. The summed E-state index contributed by atoms with van der Waals surface area (Å²) < 4.78 is 5.31. The summed E-state index contributed by atoms with van der Waals surface area (Å²) in [5.74, 6) is 1.49. The first-order valence-electron chi connectivity index (χ1n) is 6.42. The molecule has 2 heterocycles. The number of ether oxygens (including phenoxy) is 1. The summed E-state index contributed by atoms with van der Waals surface area (Å²) >= 11 is 0. The fraction of sp³-hybridized carbons (Fsp3) is 0.615. The van der Waals surface area contributed by atoms with E-state index in [1.807, 2.05) is 12.4 Å². The van der Waals surface area contributed by atoms with Crippen LogP contribution in [0.2, 0.25) is 0 Å². The van der Waals surface area contributed by atoms with Crippen molar-refractivity contribution in [2.45, 2.75) is 24.8 Å². The van der Waals surface area contributed by atoms with Crippen molar-refractivity contribution in [2.24, 2.45) is 0 Å². The van der Waals surface area contributed by atoms with Gasteiger partial charge in [-0.15, -0.1) is 0 Å². The van der Waals surface area contributed by atoms with Crippen LogP contribution in [-0.2, 0) is 4.74 Å². The molecule has 1 aromatic heterocycles. The minimum absolute atomic E-state index is 0.248. The SMILES string of the molecule is N#CC(c1cnc(C2CC2)nc1)N1CCOCC1. The van der Waals surface area contributed by atoms with E-state index in [0.29, 0.717) is 19.1 Å². The van der Waals surface area contributed by atoms with Gasteiger partial charge in [-0.25, -0.2) is 9.97 Å². The number of nitriles is 1. The van der Waals surface area contributed by atoms with Crippen LogP contribution in [0.1, 0.15) is 36.2 Å². The van der Waals surface area contributed by atoms with Gasteiger partial charge in [0.15, 0.2) is 0 Å². The van der Waals surface area contributed by atoms with E-state index in [2.05, 4.69) is 20.9 Å². The number of hydrogen-bond acceptors (Lipinski definition) is 5. The van der Waals surface area contributed by atoms with Crippen molar-refractivity contribution in [1.29, 1.82) is 5.26 Å². The van der Waals surface area contributed by atoms with Crippen molar-refractivity contribution < 1.29 is 4.74 Å². The lowest BCUT2D eigenvalue weighted by Gasteiger charge is -2.30. The monoisotopic (exact) mass is 244 g/mol. The molecule has 1 aliphatic carbocycles. The van der Waals surface area contributed by atoms with Crippen LogP contribution in [0.5, 0.6) is 0 Å². The van der Waals surface area contributed by atoms with Gasteiger partial charge in [0, 0.05) is 37.0 Å². The smallest absolute Gasteiger partial charge is 0.131 e. The van der Waals surface area contributed by atoms with Crippen LogP contribution < -0.4 is 0 Å². The number of aromatic nitrogens is 2. The standard InChI is InChI=1S/C13H16N4O/c14-7-12(17-3-5-18-6-4-17)11-8-15-13(16-9-11)10-1-2-10/h8-10,12H,1-6H2. The topological polar surface area (TPSA) is 62.0 Å². The van der Waals surface area contributed by atoms with Crippen LogP contribution in [0.3, 0.4) is 0 Å². The summed E-state index contributed by atoms with van der Waals surface area (Å²) in [5.41, 5.74) is 0.892. The molecule has 0 aromatic carbocycles. The molecule has 18 heavy (non-hydrogen) atoms. The Hall–Kier alpha value is -1.51. The summed E-state index contributed by atoms with van der Waals surface area (Å²) in [7, 11) is 0. The summed E-state index contributed by atoms with van der Waals surface area (Å²) in [6.07, 6.45) is 6.02. The van der Waals surface area contributed by atoms with Crippen molar-refractivity contribution in [1.82, 2.24) is 14.9 Å². The maximum Gasteiger partial charge on any atom is 0.131 e. The quantitative estimate of drug-likeness (QED) is 0.800. The van der Waals surface area contributed by atoms with E-state index in [1.165, 1.54) is 12.8 Å². The molecule has 1 saturated heterocycles. The normalized spacial score (nSPS) is 22.4. The number of morpholine rings is 1. The first-order chi connectivity index (χ1) is 8.88. The van der Waals surface area contributed by atoms with Crippen LogP contribution in [-0.4, -0.2) is 41.2 Å². The second-order valence-electron chi connectivity index (χ2n) is 4.83. The molecule has 5 heteroatoms. The molecule has 0 amide bonds. The van der Waals surface area contributed by atoms with Gasteiger partial charge in [0.2, 0.25) is 0 Å². The Bertz CT molecular complexity index is 443. The average Bonchev–Trinajstić information content (AvgIpc) is 3.26. The molecule has 2 aliphatic rings. The molecule has 1 aliphatic heterocycles. The highest BCUT2D eigenvalue weighted by molar-refractivity contribution is 5.20. The van der Waals surface area contributed by atoms with Crippen LogP contribution in [0.25, 0.3) is 0 Å². The van der Waals surface area contributed by atoms with Crippen LogP contribution in [0, 0.1) is 11.3 Å². The van der Waals surface area contributed by atoms with Crippen LogP contribution in [0.15, 0.2) is 12.4 Å². The number of hydrogen-bond donors (Lipinski definition) is 0. The minimum Gasteiger partial charge on any atom is -0.379 e. The predicted molar refractivity (Wildman–Crippen MR) is 64.8 cm³/mol. The lowest BCUT2D eigenvalue weighted by Crippen LogP contribution is -2.38. The molecule has 1 aromatic rings.